The predicted octanol–water partition coefficient (Wildman–Crippen LogP) is 3.18. The van der Waals surface area contributed by atoms with Crippen LogP contribution in [0, 0.1) is 5.92 Å². The molecule has 128 valence electrons. The number of morpholine rings is 1. The van der Waals surface area contributed by atoms with Gasteiger partial charge < -0.3 is 18.8 Å². The van der Waals surface area contributed by atoms with Gasteiger partial charge >= 0.3 is 0 Å². The van der Waals surface area contributed by atoms with Gasteiger partial charge in [0.15, 0.2) is 0 Å². The van der Waals surface area contributed by atoms with Crippen molar-refractivity contribution in [2.75, 3.05) is 19.8 Å². The number of hydrogen-bond acceptors (Lipinski definition) is 5. The normalized spacial score (nSPS) is 26.5. The smallest absolute Gasteiger partial charge is 0.257 e. The molecule has 5 nitrogen and oxygen atoms in total. The molecule has 1 saturated heterocycles. The Morgan fingerprint density at radius 2 is 2.33 bits per heavy atom. The van der Waals surface area contributed by atoms with Crippen LogP contribution in [0.3, 0.4) is 0 Å². The number of furan rings is 1. The van der Waals surface area contributed by atoms with Crippen molar-refractivity contribution in [3.8, 4) is 0 Å². The minimum Gasteiger partial charge on any atom is -0.472 e. The zero-order chi connectivity index (χ0) is 16.4. The molecule has 3 atom stereocenters. The van der Waals surface area contributed by atoms with E-state index in [9.17, 15) is 4.79 Å². The Morgan fingerprint density at radius 1 is 1.38 bits per heavy atom. The number of nitrogens with zero attached hydrogens (tertiary/aromatic N) is 1. The molecule has 3 unspecified atom stereocenters. The van der Waals surface area contributed by atoms with E-state index in [1.165, 1.54) is 11.1 Å². The monoisotopic (exact) mass is 347 g/mol. The first-order valence-corrected chi connectivity index (χ1v) is 9.24. The van der Waals surface area contributed by atoms with Gasteiger partial charge in [-0.3, -0.25) is 4.79 Å². The Labute approximate surface area is 145 Å². The predicted molar refractivity (Wildman–Crippen MR) is 90.0 cm³/mol. The summed E-state index contributed by atoms with van der Waals surface area (Å²) >= 11 is 1.72. The highest BCUT2D eigenvalue weighted by molar-refractivity contribution is 7.09. The molecule has 1 saturated carbocycles. The van der Waals surface area contributed by atoms with Crippen LogP contribution in [0.25, 0.3) is 0 Å². The van der Waals surface area contributed by atoms with Crippen molar-refractivity contribution in [1.29, 1.82) is 0 Å². The van der Waals surface area contributed by atoms with Crippen LogP contribution in [0.5, 0.6) is 0 Å². The summed E-state index contributed by atoms with van der Waals surface area (Å²) in [5.74, 6) is 0.486. The second-order valence-electron chi connectivity index (χ2n) is 6.42. The molecule has 2 aromatic rings. The first kappa shape index (κ1) is 15.9. The number of ether oxygens (including phenoxy) is 2. The summed E-state index contributed by atoms with van der Waals surface area (Å²) < 4.78 is 16.8. The molecule has 2 fully saturated rings. The van der Waals surface area contributed by atoms with Gasteiger partial charge in [0, 0.05) is 11.4 Å². The third-order valence-corrected chi connectivity index (χ3v) is 5.69. The Kier molecular flexibility index (Phi) is 4.69. The molecule has 2 aliphatic rings. The minimum absolute atomic E-state index is 0.0437. The fourth-order valence-electron chi connectivity index (χ4n) is 3.71. The van der Waals surface area contributed by atoms with Gasteiger partial charge in [-0.2, -0.15) is 0 Å². The molecule has 4 rings (SSSR count). The van der Waals surface area contributed by atoms with E-state index in [1.807, 2.05) is 11.0 Å². The van der Waals surface area contributed by atoms with Crippen LogP contribution in [0.15, 0.2) is 40.5 Å². The zero-order valence-electron chi connectivity index (χ0n) is 13.4. The van der Waals surface area contributed by atoms with Gasteiger partial charge in [-0.1, -0.05) is 6.07 Å². The highest BCUT2D eigenvalue weighted by Crippen LogP contribution is 2.35. The number of amides is 1. The van der Waals surface area contributed by atoms with Crippen molar-refractivity contribution < 1.29 is 18.7 Å². The summed E-state index contributed by atoms with van der Waals surface area (Å²) in [6.07, 6.45) is 5.10. The Bertz CT molecular complexity index is 655. The van der Waals surface area contributed by atoms with Gasteiger partial charge in [-0.05, 0) is 36.3 Å². The van der Waals surface area contributed by atoms with E-state index in [1.54, 1.807) is 23.7 Å². The topological polar surface area (TPSA) is 51.9 Å². The van der Waals surface area contributed by atoms with Gasteiger partial charge in [0.1, 0.15) is 6.26 Å². The maximum Gasteiger partial charge on any atom is 0.257 e. The number of fused-ring (bicyclic) bond motifs is 1. The average Bonchev–Trinajstić information content (AvgIpc) is 3.34. The number of thiophene rings is 1. The van der Waals surface area contributed by atoms with Crippen LogP contribution in [0.2, 0.25) is 0 Å². The van der Waals surface area contributed by atoms with E-state index in [0.29, 0.717) is 31.2 Å². The summed E-state index contributed by atoms with van der Waals surface area (Å²) in [4.78, 5) is 15.9. The number of carbonyl (C=O) groups is 1. The molecule has 2 aromatic heterocycles. The molecule has 24 heavy (non-hydrogen) atoms. The summed E-state index contributed by atoms with van der Waals surface area (Å²) in [6, 6.07) is 6.01. The Morgan fingerprint density at radius 3 is 3.12 bits per heavy atom. The molecular weight excluding hydrogens is 326 g/mol. The lowest BCUT2D eigenvalue weighted by Gasteiger charge is -2.37. The SMILES string of the molecule is O=C(c1ccoc1)N1CCOC2CC(COCc3cccs3)CC21. The molecule has 0 aromatic carbocycles. The summed E-state index contributed by atoms with van der Waals surface area (Å²) in [7, 11) is 0. The second-order valence-corrected chi connectivity index (χ2v) is 7.45. The summed E-state index contributed by atoms with van der Waals surface area (Å²) in [6.45, 7) is 2.64. The van der Waals surface area contributed by atoms with E-state index in [4.69, 9.17) is 13.9 Å². The molecule has 0 N–H and O–H groups in total. The molecule has 1 amide bonds. The van der Waals surface area contributed by atoms with Crippen molar-refractivity contribution >= 4 is 17.2 Å². The van der Waals surface area contributed by atoms with Crippen LogP contribution in [-0.4, -0.2) is 42.7 Å². The van der Waals surface area contributed by atoms with Crippen molar-refractivity contribution in [1.82, 2.24) is 4.90 Å². The average molecular weight is 347 g/mol. The number of carbonyl (C=O) groups excluding carboxylic acids is 1. The molecule has 0 spiro atoms. The van der Waals surface area contributed by atoms with Crippen molar-refractivity contribution in [3.63, 3.8) is 0 Å². The summed E-state index contributed by atoms with van der Waals surface area (Å²) in [5.41, 5.74) is 0.619. The minimum atomic E-state index is 0.0437. The fraction of sp³-hybridized carbons (Fsp3) is 0.500. The Balaban J connectivity index is 1.34. The first-order chi connectivity index (χ1) is 11.8. The van der Waals surface area contributed by atoms with Gasteiger partial charge in [0.25, 0.3) is 5.91 Å². The van der Waals surface area contributed by atoms with Crippen molar-refractivity contribution in [2.45, 2.75) is 31.6 Å². The molecule has 3 heterocycles. The molecule has 1 aliphatic heterocycles. The van der Waals surface area contributed by atoms with E-state index in [0.717, 1.165) is 19.4 Å². The standard InChI is InChI=1S/C18H21NO4S/c20-18(14-3-5-21-11-14)19-4-6-23-17-9-13(8-16(17)19)10-22-12-15-2-1-7-24-15/h1-3,5,7,11,13,16-17H,4,6,8-10,12H2. The lowest BCUT2D eigenvalue weighted by molar-refractivity contribution is -0.0450. The maximum atomic E-state index is 12.7. The molecule has 1 aliphatic carbocycles. The van der Waals surface area contributed by atoms with Crippen LogP contribution in [0.4, 0.5) is 0 Å². The van der Waals surface area contributed by atoms with E-state index in [2.05, 4.69) is 11.4 Å². The highest BCUT2D eigenvalue weighted by Gasteiger charge is 2.43. The summed E-state index contributed by atoms with van der Waals surface area (Å²) in [5, 5.41) is 2.07. The van der Waals surface area contributed by atoms with E-state index in [-0.39, 0.29) is 18.1 Å². The first-order valence-electron chi connectivity index (χ1n) is 8.36. The van der Waals surface area contributed by atoms with Gasteiger partial charge in [0.05, 0.1) is 43.8 Å². The lowest BCUT2D eigenvalue weighted by atomic mass is 10.1. The molecule has 0 radical (unpaired) electrons. The lowest BCUT2D eigenvalue weighted by Crippen LogP contribution is -2.51. The van der Waals surface area contributed by atoms with Crippen molar-refractivity contribution in [3.05, 3.63) is 46.5 Å². The van der Waals surface area contributed by atoms with E-state index < -0.39 is 0 Å². The largest absolute Gasteiger partial charge is 0.472 e. The van der Waals surface area contributed by atoms with Gasteiger partial charge in [-0.15, -0.1) is 11.3 Å². The second kappa shape index (κ2) is 7.09. The van der Waals surface area contributed by atoms with Crippen LogP contribution in [-0.2, 0) is 16.1 Å². The van der Waals surface area contributed by atoms with Crippen LogP contribution < -0.4 is 0 Å². The van der Waals surface area contributed by atoms with Crippen LogP contribution in [0.1, 0.15) is 28.1 Å². The Hall–Kier alpha value is -1.63. The van der Waals surface area contributed by atoms with E-state index >= 15 is 0 Å². The van der Waals surface area contributed by atoms with Gasteiger partial charge in [-0.25, -0.2) is 0 Å². The maximum absolute atomic E-state index is 12.7. The zero-order valence-corrected chi connectivity index (χ0v) is 14.2. The third kappa shape index (κ3) is 3.27. The molecule has 6 heteroatoms. The number of rotatable bonds is 5. The fourth-order valence-corrected chi connectivity index (χ4v) is 4.35. The number of hydrogen-bond donors (Lipinski definition) is 0. The quantitative estimate of drug-likeness (QED) is 0.834. The third-order valence-electron chi connectivity index (χ3n) is 4.84. The van der Waals surface area contributed by atoms with Crippen LogP contribution >= 0.6 is 11.3 Å². The molecule has 0 bridgehead atoms. The molecular formula is C18H21NO4S. The highest BCUT2D eigenvalue weighted by atomic mass is 32.1. The van der Waals surface area contributed by atoms with Gasteiger partial charge in [0.2, 0.25) is 0 Å². The van der Waals surface area contributed by atoms with Crippen molar-refractivity contribution in [2.24, 2.45) is 5.92 Å².